The third-order valence-electron chi connectivity index (χ3n) is 5.20. The van der Waals surface area contributed by atoms with Crippen molar-refractivity contribution in [3.63, 3.8) is 0 Å². The summed E-state index contributed by atoms with van der Waals surface area (Å²) in [5, 5.41) is 0. The number of aromatic nitrogens is 3. The lowest BCUT2D eigenvalue weighted by Gasteiger charge is -2.28. The number of hydrogen-bond donors (Lipinski definition) is 1. The standard InChI is InChI=1S/C22H20N4O/c27-22-24-19-11-12-25(13-16-7-3-1-4-8-16)14-18(19)21-23-20(15-26(21)22)17-9-5-2-6-10-17/h1-10,15H,11-14H2,(H,24,27). The summed E-state index contributed by atoms with van der Waals surface area (Å²) in [5.41, 5.74) is 5.94. The molecule has 0 fully saturated rings. The van der Waals surface area contributed by atoms with Crippen molar-refractivity contribution in [2.75, 3.05) is 6.54 Å². The molecule has 134 valence electrons. The lowest BCUT2D eigenvalue weighted by atomic mass is 10.1. The molecule has 2 aromatic carbocycles. The van der Waals surface area contributed by atoms with Gasteiger partial charge in [-0.15, -0.1) is 0 Å². The van der Waals surface area contributed by atoms with Crippen LogP contribution < -0.4 is 5.69 Å². The lowest BCUT2D eigenvalue weighted by molar-refractivity contribution is 0.243. The maximum atomic E-state index is 12.5. The first-order chi connectivity index (χ1) is 13.3. The van der Waals surface area contributed by atoms with Crippen LogP contribution in [-0.2, 0) is 19.5 Å². The fourth-order valence-electron chi connectivity index (χ4n) is 3.82. The molecule has 4 aromatic rings. The Kier molecular flexibility index (Phi) is 3.87. The van der Waals surface area contributed by atoms with Gasteiger partial charge in [-0.05, 0) is 5.56 Å². The van der Waals surface area contributed by atoms with E-state index in [1.807, 2.05) is 42.6 Å². The summed E-state index contributed by atoms with van der Waals surface area (Å²) in [6.45, 7) is 2.62. The molecule has 27 heavy (non-hydrogen) atoms. The van der Waals surface area contributed by atoms with E-state index in [9.17, 15) is 4.79 Å². The van der Waals surface area contributed by atoms with Crippen LogP contribution in [0, 0.1) is 0 Å². The van der Waals surface area contributed by atoms with Gasteiger partial charge in [-0.1, -0.05) is 60.7 Å². The van der Waals surface area contributed by atoms with Gasteiger partial charge < -0.3 is 4.98 Å². The molecule has 3 heterocycles. The molecule has 0 saturated carbocycles. The zero-order chi connectivity index (χ0) is 18.2. The fourth-order valence-corrected chi connectivity index (χ4v) is 3.82. The van der Waals surface area contributed by atoms with Crippen molar-refractivity contribution in [2.45, 2.75) is 19.5 Å². The van der Waals surface area contributed by atoms with Gasteiger partial charge >= 0.3 is 5.69 Å². The summed E-state index contributed by atoms with van der Waals surface area (Å²) < 4.78 is 1.65. The topological polar surface area (TPSA) is 53.4 Å². The van der Waals surface area contributed by atoms with Crippen LogP contribution in [0.1, 0.15) is 16.8 Å². The van der Waals surface area contributed by atoms with Crippen molar-refractivity contribution in [2.24, 2.45) is 0 Å². The summed E-state index contributed by atoms with van der Waals surface area (Å²) in [6, 6.07) is 20.5. The zero-order valence-electron chi connectivity index (χ0n) is 14.9. The number of nitrogens with one attached hydrogen (secondary N) is 1. The molecule has 2 aromatic heterocycles. The van der Waals surface area contributed by atoms with Crippen LogP contribution in [0.15, 0.2) is 71.7 Å². The molecular weight excluding hydrogens is 336 g/mol. The molecule has 1 aliphatic heterocycles. The Labute approximate surface area is 156 Å². The normalized spacial score (nSPS) is 14.4. The van der Waals surface area contributed by atoms with Crippen LogP contribution in [0.3, 0.4) is 0 Å². The van der Waals surface area contributed by atoms with E-state index in [2.05, 4.69) is 34.1 Å². The van der Waals surface area contributed by atoms with E-state index < -0.39 is 0 Å². The van der Waals surface area contributed by atoms with Crippen molar-refractivity contribution >= 4 is 5.65 Å². The number of aromatic amines is 1. The summed E-state index contributed by atoms with van der Waals surface area (Å²) in [7, 11) is 0. The molecule has 0 spiro atoms. The van der Waals surface area contributed by atoms with E-state index in [4.69, 9.17) is 4.98 Å². The molecule has 0 saturated heterocycles. The molecule has 5 nitrogen and oxygen atoms in total. The third kappa shape index (κ3) is 2.96. The summed E-state index contributed by atoms with van der Waals surface area (Å²) >= 11 is 0. The van der Waals surface area contributed by atoms with Gasteiger partial charge in [-0.25, -0.2) is 9.78 Å². The number of H-pyrrole nitrogens is 1. The number of rotatable bonds is 3. The van der Waals surface area contributed by atoms with E-state index in [0.29, 0.717) is 0 Å². The van der Waals surface area contributed by atoms with Gasteiger partial charge in [0, 0.05) is 49.1 Å². The quantitative estimate of drug-likeness (QED) is 0.613. The smallest absolute Gasteiger partial charge is 0.310 e. The average molecular weight is 356 g/mol. The van der Waals surface area contributed by atoms with Gasteiger partial charge in [-0.2, -0.15) is 0 Å². The number of imidazole rings is 1. The van der Waals surface area contributed by atoms with Crippen LogP contribution in [0.25, 0.3) is 16.9 Å². The first-order valence-corrected chi connectivity index (χ1v) is 9.23. The summed E-state index contributed by atoms with van der Waals surface area (Å²) in [6.07, 6.45) is 2.67. The molecule has 0 bridgehead atoms. The van der Waals surface area contributed by atoms with Crippen molar-refractivity contribution in [1.29, 1.82) is 0 Å². The van der Waals surface area contributed by atoms with Crippen molar-refractivity contribution in [3.8, 4) is 11.3 Å². The molecule has 0 atom stereocenters. The minimum Gasteiger partial charge on any atom is -0.310 e. The van der Waals surface area contributed by atoms with Crippen LogP contribution >= 0.6 is 0 Å². The van der Waals surface area contributed by atoms with Crippen LogP contribution in [0.5, 0.6) is 0 Å². The molecular formula is C22H20N4O. The monoisotopic (exact) mass is 356 g/mol. The highest BCUT2D eigenvalue weighted by Crippen LogP contribution is 2.24. The van der Waals surface area contributed by atoms with Gasteiger partial charge in [0.15, 0.2) is 0 Å². The maximum absolute atomic E-state index is 12.5. The second-order valence-electron chi connectivity index (χ2n) is 7.02. The zero-order valence-corrected chi connectivity index (χ0v) is 14.9. The minimum absolute atomic E-state index is 0.116. The predicted octanol–water partition coefficient (Wildman–Crippen LogP) is 3.25. The Balaban J connectivity index is 1.55. The molecule has 0 aliphatic carbocycles. The van der Waals surface area contributed by atoms with Gasteiger partial charge in [0.1, 0.15) is 5.65 Å². The molecule has 0 unspecified atom stereocenters. The van der Waals surface area contributed by atoms with Gasteiger partial charge in [0.05, 0.1) is 5.69 Å². The number of benzene rings is 2. The number of fused-ring (bicyclic) bond motifs is 3. The Hall–Kier alpha value is -3.18. The SMILES string of the molecule is O=c1[nH]c2c(c3nc(-c4ccccc4)cn13)CN(Cc1ccccc1)CC2. The fraction of sp³-hybridized carbons (Fsp3) is 0.182. The number of nitrogens with zero attached hydrogens (tertiary/aromatic N) is 3. The highest BCUT2D eigenvalue weighted by atomic mass is 16.1. The summed E-state index contributed by atoms with van der Waals surface area (Å²) in [5.74, 6) is 0. The van der Waals surface area contributed by atoms with Crippen molar-refractivity contribution < 1.29 is 0 Å². The van der Waals surface area contributed by atoms with E-state index >= 15 is 0 Å². The summed E-state index contributed by atoms with van der Waals surface area (Å²) in [4.78, 5) is 22.8. The average Bonchev–Trinajstić information content (AvgIpc) is 3.17. The minimum atomic E-state index is -0.116. The van der Waals surface area contributed by atoms with Crippen molar-refractivity contribution in [1.82, 2.24) is 19.3 Å². The molecule has 5 rings (SSSR count). The Morgan fingerprint density at radius 1 is 1.00 bits per heavy atom. The van der Waals surface area contributed by atoms with E-state index in [1.165, 1.54) is 5.56 Å². The van der Waals surface area contributed by atoms with Gasteiger partial charge in [0.25, 0.3) is 0 Å². The van der Waals surface area contributed by atoms with E-state index in [-0.39, 0.29) is 5.69 Å². The molecule has 0 radical (unpaired) electrons. The predicted molar refractivity (Wildman–Crippen MR) is 106 cm³/mol. The van der Waals surface area contributed by atoms with Gasteiger partial charge in [0.2, 0.25) is 0 Å². The Morgan fingerprint density at radius 3 is 2.52 bits per heavy atom. The van der Waals surface area contributed by atoms with Crippen LogP contribution in [0.4, 0.5) is 0 Å². The molecule has 5 heteroatoms. The maximum Gasteiger partial charge on any atom is 0.331 e. The second kappa shape index (κ2) is 6.52. The second-order valence-corrected chi connectivity index (χ2v) is 7.02. The molecule has 1 aliphatic rings. The Bertz CT molecular complexity index is 1150. The van der Waals surface area contributed by atoms with E-state index in [1.54, 1.807) is 4.40 Å². The largest absolute Gasteiger partial charge is 0.331 e. The highest BCUT2D eigenvalue weighted by molar-refractivity contribution is 5.64. The first-order valence-electron chi connectivity index (χ1n) is 9.23. The third-order valence-corrected chi connectivity index (χ3v) is 5.20. The first kappa shape index (κ1) is 16.0. The molecule has 1 N–H and O–H groups in total. The van der Waals surface area contributed by atoms with E-state index in [0.717, 1.165) is 54.2 Å². The molecule has 0 amide bonds. The Morgan fingerprint density at radius 2 is 1.74 bits per heavy atom. The van der Waals surface area contributed by atoms with Gasteiger partial charge in [-0.3, -0.25) is 9.30 Å². The van der Waals surface area contributed by atoms with Crippen LogP contribution in [0.2, 0.25) is 0 Å². The van der Waals surface area contributed by atoms with Crippen molar-refractivity contribution in [3.05, 3.63) is 94.2 Å². The number of hydrogen-bond acceptors (Lipinski definition) is 3. The lowest BCUT2D eigenvalue weighted by Crippen LogP contribution is -2.33. The highest BCUT2D eigenvalue weighted by Gasteiger charge is 2.22. The van der Waals surface area contributed by atoms with Crippen LogP contribution in [-0.4, -0.2) is 25.8 Å².